The molecular formula is C17H17BrN6O. The largest absolute Gasteiger partial charge is 0.339 e. The minimum Gasteiger partial charge on any atom is -0.339 e. The number of benzene rings is 1. The SMILES string of the molecule is N[C@H]1CCN(c2nc(Nc3ccc(Br)cc3)c3c(=O)[nH]ccc3n2)C1. The van der Waals surface area contributed by atoms with Gasteiger partial charge in [0.15, 0.2) is 0 Å². The summed E-state index contributed by atoms with van der Waals surface area (Å²) in [5, 5.41) is 3.68. The van der Waals surface area contributed by atoms with Gasteiger partial charge in [-0.15, -0.1) is 0 Å². The van der Waals surface area contributed by atoms with E-state index in [4.69, 9.17) is 5.73 Å². The fourth-order valence-electron chi connectivity index (χ4n) is 2.95. The topological polar surface area (TPSA) is 99.9 Å². The second-order valence-electron chi connectivity index (χ2n) is 6.07. The maximum Gasteiger partial charge on any atom is 0.261 e. The highest BCUT2D eigenvalue weighted by Gasteiger charge is 2.23. The molecule has 3 heterocycles. The van der Waals surface area contributed by atoms with E-state index in [1.165, 1.54) is 0 Å². The van der Waals surface area contributed by atoms with Gasteiger partial charge in [0.25, 0.3) is 5.56 Å². The summed E-state index contributed by atoms with van der Waals surface area (Å²) >= 11 is 3.42. The summed E-state index contributed by atoms with van der Waals surface area (Å²) in [6, 6.07) is 9.60. The first kappa shape index (κ1) is 16.0. The van der Waals surface area contributed by atoms with Gasteiger partial charge in [0.1, 0.15) is 11.2 Å². The Morgan fingerprint density at radius 1 is 1.24 bits per heavy atom. The molecule has 1 aliphatic rings. The van der Waals surface area contributed by atoms with E-state index in [-0.39, 0.29) is 11.6 Å². The van der Waals surface area contributed by atoms with Gasteiger partial charge < -0.3 is 20.9 Å². The molecule has 0 spiro atoms. The highest BCUT2D eigenvalue weighted by atomic mass is 79.9. The zero-order valence-electron chi connectivity index (χ0n) is 13.4. The molecule has 8 heteroatoms. The van der Waals surface area contributed by atoms with Gasteiger partial charge in [0.05, 0.1) is 5.52 Å². The number of rotatable bonds is 3. The standard InChI is InChI=1S/C17H17BrN6O/c18-10-1-3-12(4-2-10)21-15-14-13(5-7-20-16(14)25)22-17(23-15)24-8-6-11(19)9-24/h1-5,7,11H,6,8-9,19H2,(H,20,25)(H,21,22,23)/t11-/m0/s1. The van der Waals surface area contributed by atoms with E-state index >= 15 is 0 Å². The van der Waals surface area contributed by atoms with Gasteiger partial charge in [-0.05, 0) is 36.8 Å². The lowest BCUT2D eigenvalue weighted by Gasteiger charge is -2.18. The van der Waals surface area contributed by atoms with Gasteiger partial charge in [0.2, 0.25) is 5.95 Å². The van der Waals surface area contributed by atoms with Crippen molar-refractivity contribution < 1.29 is 0 Å². The molecule has 1 fully saturated rings. The molecule has 0 bridgehead atoms. The number of halogens is 1. The van der Waals surface area contributed by atoms with Crippen molar-refractivity contribution in [1.82, 2.24) is 15.0 Å². The second kappa shape index (κ2) is 6.45. The van der Waals surface area contributed by atoms with Crippen LogP contribution < -0.4 is 21.5 Å². The van der Waals surface area contributed by atoms with Gasteiger partial charge in [-0.3, -0.25) is 4.79 Å². The van der Waals surface area contributed by atoms with Crippen LogP contribution in [-0.4, -0.2) is 34.1 Å². The third-order valence-electron chi connectivity index (χ3n) is 4.22. The predicted molar refractivity (Wildman–Crippen MR) is 102 cm³/mol. The van der Waals surface area contributed by atoms with E-state index in [2.05, 4.69) is 41.1 Å². The third kappa shape index (κ3) is 3.22. The highest BCUT2D eigenvalue weighted by molar-refractivity contribution is 9.10. The smallest absolute Gasteiger partial charge is 0.261 e. The number of aromatic amines is 1. The Labute approximate surface area is 152 Å². The van der Waals surface area contributed by atoms with Crippen LogP contribution in [0, 0.1) is 0 Å². The Morgan fingerprint density at radius 2 is 2.04 bits per heavy atom. The molecule has 4 rings (SSSR count). The summed E-state index contributed by atoms with van der Waals surface area (Å²) in [5.74, 6) is 1.08. The van der Waals surface area contributed by atoms with E-state index in [0.717, 1.165) is 23.1 Å². The van der Waals surface area contributed by atoms with Gasteiger partial charge in [-0.25, -0.2) is 4.98 Å². The van der Waals surface area contributed by atoms with Crippen molar-refractivity contribution in [2.45, 2.75) is 12.5 Å². The highest BCUT2D eigenvalue weighted by Crippen LogP contribution is 2.26. The van der Waals surface area contributed by atoms with Gasteiger partial charge >= 0.3 is 0 Å². The quantitative estimate of drug-likeness (QED) is 0.623. The molecule has 1 atom stereocenters. The van der Waals surface area contributed by atoms with Gasteiger partial charge in [-0.1, -0.05) is 15.9 Å². The van der Waals surface area contributed by atoms with Crippen molar-refractivity contribution in [3.63, 3.8) is 0 Å². The molecule has 3 aromatic rings. The van der Waals surface area contributed by atoms with E-state index < -0.39 is 0 Å². The number of nitrogens with zero attached hydrogens (tertiary/aromatic N) is 3. The van der Waals surface area contributed by atoms with Crippen molar-refractivity contribution in [2.24, 2.45) is 5.73 Å². The predicted octanol–water partition coefficient (Wildman–Crippen LogP) is 2.36. The fourth-order valence-corrected chi connectivity index (χ4v) is 3.21. The maximum absolute atomic E-state index is 12.3. The molecule has 4 N–H and O–H groups in total. The van der Waals surface area contributed by atoms with Crippen molar-refractivity contribution in [3.8, 4) is 0 Å². The number of hydrogen-bond acceptors (Lipinski definition) is 6. The van der Waals surface area contributed by atoms with Crippen LogP contribution >= 0.6 is 15.9 Å². The minimum atomic E-state index is -0.221. The molecule has 7 nitrogen and oxygen atoms in total. The molecule has 0 aliphatic carbocycles. The summed E-state index contributed by atoms with van der Waals surface area (Å²) in [6.45, 7) is 1.53. The number of hydrogen-bond donors (Lipinski definition) is 3. The number of fused-ring (bicyclic) bond motifs is 1. The normalized spacial score (nSPS) is 17.2. The number of anilines is 3. The first-order valence-corrected chi connectivity index (χ1v) is 8.82. The first-order valence-electron chi connectivity index (χ1n) is 8.03. The zero-order valence-corrected chi connectivity index (χ0v) is 15.0. The summed E-state index contributed by atoms with van der Waals surface area (Å²) in [4.78, 5) is 26.2. The number of H-pyrrole nitrogens is 1. The lowest BCUT2D eigenvalue weighted by Crippen LogP contribution is -2.28. The van der Waals surface area contributed by atoms with Crippen LogP contribution in [0.25, 0.3) is 10.9 Å². The second-order valence-corrected chi connectivity index (χ2v) is 6.98. The Kier molecular flexibility index (Phi) is 4.14. The Bertz CT molecular complexity index is 971. The van der Waals surface area contributed by atoms with Gasteiger partial charge in [-0.2, -0.15) is 4.98 Å². The van der Waals surface area contributed by atoms with Crippen LogP contribution in [0.1, 0.15) is 6.42 Å². The summed E-state index contributed by atoms with van der Waals surface area (Å²) in [6.07, 6.45) is 2.51. The van der Waals surface area contributed by atoms with Crippen molar-refractivity contribution in [2.75, 3.05) is 23.3 Å². The van der Waals surface area contributed by atoms with E-state index in [0.29, 0.717) is 29.2 Å². The van der Waals surface area contributed by atoms with Crippen molar-refractivity contribution in [1.29, 1.82) is 0 Å². The lowest BCUT2D eigenvalue weighted by atomic mass is 10.2. The number of nitrogens with one attached hydrogen (secondary N) is 2. The summed E-state index contributed by atoms with van der Waals surface area (Å²) in [7, 11) is 0. The van der Waals surface area contributed by atoms with Crippen LogP contribution in [0.3, 0.4) is 0 Å². The monoisotopic (exact) mass is 400 g/mol. The van der Waals surface area contributed by atoms with E-state index in [1.54, 1.807) is 12.3 Å². The summed E-state index contributed by atoms with van der Waals surface area (Å²) in [5.41, 5.74) is 7.23. The Morgan fingerprint density at radius 3 is 2.76 bits per heavy atom. The molecule has 1 saturated heterocycles. The van der Waals surface area contributed by atoms with Crippen molar-refractivity contribution in [3.05, 3.63) is 51.4 Å². The van der Waals surface area contributed by atoms with Gasteiger partial charge in [0, 0.05) is 35.5 Å². The van der Waals surface area contributed by atoms with Crippen LogP contribution in [0.15, 0.2) is 45.8 Å². The van der Waals surface area contributed by atoms with E-state index in [1.807, 2.05) is 24.3 Å². The molecule has 1 aromatic carbocycles. The lowest BCUT2D eigenvalue weighted by molar-refractivity contribution is 0.750. The Balaban J connectivity index is 1.82. The summed E-state index contributed by atoms with van der Waals surface area (Å²) < 4.78 is 0.982. The van der Waals surface area contributed by atoms with Crippen LogP contribution in [-0.2, 0) is 0 Å². The van der Waals surface area contributed by atoms with E-state index in [9.17, 15) is 4.79 Å². The van der Waals surface area contributed by atoms with Crippen molar-refractivity contribution >= 4 is 44.3 Å². The zero-order chi connectivity index (χ0) is 17.4. The average molecular weight is 401 g/mol. The van der Waals surface area contributed by atoms with Crippen LogP contribution in [0.2, 0.25) is 0 Å². The first-order chi connectivity index (χ1) is 12.1. The molecule has 0 radical (unpaired) electrons. The molecular weight excluding hydrogens is 384 g/mol. The molecule has 25 heavy (non-hydrogen) atoms. The molecule has 0 unspecified atom stereocenters. The number of nitrogens with two attached hydrogens (primary N) is 1. The Hall–Kier alpha value is -2.45. The number of pyridine rings is 1. The molecule has 0 amide bonds. The molecule has 1 aliphatic heterocycles. The molecule has 2 aromatic heterocycles. The molecule has 128 valence electrons. The fraction of sp³-hybridized carbons (Fsp3) is 0.235. The average Bonchev–Trinajstić information content (AvgIpc) is 3.03. The minimum absolute atomic E-state index is 0.126. The maximum atomic E-state index is 12.3. The van der Waals surface area contributed by atoms with Crippen LogP contribution in [0.5, 0.6) is 0 Å². The number of aromatic nitrogens is 3. The third-order valence-corrected chi connectivity index (χ3v) is 4.75. The van der Waals surface area contributed by atoms with Crippen LogP contribution in [0.4, 0.5) is 17.5 Å². The molecule has 0 saturated carbocycles.